The first-order chi connectivity index (χ1) is 6.95. The molecule has 0 unspecified atom stereocenters. The van der Waals surface area contributed by atoms with Crippen LogP contribution < -0.4 is 5.73 Å². The molecule has 0 aliphatic carbocycles. The minimum absolute atomic E-state index is 0.432. The van der Waals surface area contributed by atoms with Crippen LogP contribution in [0, 0.1) is 6.92 Å². The van der Waals surface area contributed by atoms with Gasteiger partial charge in [-0.2, -0.15) is 0 Å². The highest BCUT2D eigenvalue weighted by molar-refractivity contribution is 7.90. The Balaban J connectivity index is 3.15. The molecule has 3 nitrogen and oxygen atoms in total. The highest BCUT2D eigenvalue weighted by Gasteiger charge is 2.12. The molecule has 0 heterocycles. The monoisotopic (exact) mass is 227 g/mol. The molecule has 0 saturated heterocycles. The van der Waals surface area contributed by atoms with Gasteiger partial charge >= 0.3 is 0 Å². The lowest BCUT2D eigenvalue weighted by Crippen LogP contribution is -2.06. The van der Waals surface area contributed by atoms with E-state index in [-0.39, 0.29) is 0 Å². The third kappa shape index (κ3) is 3.32. The fourth-order valence-electron chi connectivity index (χ4n) is 1.56. The molecule has 0 bridgehead atoms. The Kier molecular flexibility index (Phi) is 3.88. The zero-order valence-electron chi connectivity index (χ0n) is 9.16. The van der Waals surface area contributed by atoms with Gasteiger partial charge in [0.2, 0.25) is 0 Å². The van der Waals surface area contributed by atoms with Gasteiger partial charge in [0.25, 0.3) is 0 Å². The molecule has 1 aromatic carbocycles. The van der Waals surface area contributed by atoms with Gasteiger partial charge in [-0.1, -0.05) is 17.7 Å². The van der Waals surface area contributed by atoms with Crippen LogP contribution in [0.1, 0.15) is 17.5 Å². The summed E-state index contributed by atoms with van der Waals surface area (Å²) in [6, 6.07) is 5.42. The van der Waals surface area contributed by atoms with E-state index in [2.05, 4.69) is 0 Å². The van der Waals surface area contributed by atoms with E-state index in [1.54, 1.807) is 6.07 Å². The first kappa shape index (κ1) is 12.2. The molecule has 0 amide bonds. The maximum Gasteiger partial charge on any atom is 0.175 e. The quantitative estimate of drug-likeness (QED) is 0.843. The molecule has 2 N–H and O–H groups in total. The van der Waals surface area contributed by atoms with E-state index in [1.807, 2.05) is 19.1 Å². The largest absolute Gasteiger partial charge is 0.330 e. The Bertz CT molecular complexity index is 438. The van der Waals surface area contributed by atoms with Crippen LogP contribution in [0.2, 0.25) is 0 Å². The Morgan fingerprint density at radius 3 is 2.53 bits per heavy atom. The molecule has 15 heavy (non-hydrogen) atoms. The Hall–Kier alpha value is -0.870. The lowest BCUT2D eigenvalue weighted by atomic mass is 10.1. The lowest BCUT2D eigenvalue weighted by Gasteiger charge is -2.08. The van der Waals surface area contributed by atoms with Crippen LogP contribution in [0.3, 0.4) is 0 Å². The molecule has 84 valence electrons. The van der Waals surface area contributed by atoms with Gasteiger partial charge in [-0.25, -0.2) is 8.42 Å². The molecule has 0 spiro atoms. The predicted molar refractivity (Wildman–Crippen MR) is 61.7 cm³/mol. The number of hydrogen-bond acceptors (Lipinski definition) is 3. The Morgan fingerprint density at radius 1 is 1.33 bits per heavy atom. The normalized spacial score (nSPS) is 11.7. The average Bonchev–Trinajstić information content (AvgIpc) is 2.12. The van der Waals surface area contributed by atoms with E-state index in [9.17, 15) is 8.42 Å². The van der Waals surface area contributed by atoms with E-state index in [0.29, 0.717) is 11.4 Å². The molecular formula is C11H17NO2S. The maximum absolute atomic E-state index is 11.5. The van der Waals surface area contributed by atoms with Gasteiger partial charge in [0.1, 0.15) is 0 Å². The number of aryl methyl sites for hydroxylation is 2. The van der Waals surface area contributed by atoms with Gasteiger partial charge in [0.05, 0.1) is 4.90 Å². The lowest BCUT2D eigenvalue weighted by molar-refractivity contribution is 0.600. The van der Waals surface area contributed by atoms with E-state index < -0.39 is 9.84 Å². The van der Waals surface area contributed by atoms with Gasteiger partial charge in [0, 0.05) is 6.26 Å². The van der Waals surface area contributed by atoms with Crippen LogP contribution in [0.5, 0.6) is 0 Å². The van der Waals surface area contributed by atoms with Gasteiger partial charge in [-0.05, 0) is 37.9 Å². The van der Waals surface area contributed by atoms with Crippen molar-refractivity contribution in [3.8, 4) is 0 Å². The minimum atomic E-state index is -3.12. The molecule has 0 atom stereocenters. The van der Waals surface area contributed by atoms with Crippen LogP contribution in [-0.4, -0.2) is 21.2 Å². The highest BCUT2D eigenvalue weighted by atomic mass is 32.2. The third-order valence-electron chi connectivity index (χ3n) is 2.27. The SMILES string of the molecule is Cc1ccc(S(C)(=O)=O)c(CCCN)c1. The Labute approximate surface area is 91.2 Å². The van der Waals surface area contributed by atoms with E-state index >= 15 is 0 Å². The summed E-state index contributed by atoms with van der Waals surface area (Å²) in [6.07, 6.45) is 2.77. The molecule has 0 saturated carbocycles. The summed E-state index contributed by atoms with van der Waals surface area (Å²) in [7, 11) is -3.12. The van der Waals surface area contributed by atoms with Crippen molar-refractivity contribution < 1.29 is 8.42 Å². The van der Waals surface area contributed by atoms with Crippen LogP contribution in [0.25, 0.3) is 0 Å². The first-order valence-electron chi connectivity index (χ1n) is 4.95. The molecule has 1 rings (SSSR count). The second-order valence-corrected chi connectivity index (χ2v) is 5.76. The van der Waals surface area contributed by atoms with E-state index in [0.717, 1.165) is 24.0 Å². The van der Waals surface area contributed by atoms with Crippen molar-refractivity contribution in [2.24, 2.45) is 5.73 Å². The number of rotatable bonds is 4. The van der Waals surface area contributed by atoms with Crippen molar-refractivity contribution in [3.63, 3.8) is 0 Å². The molecular weight excluding hydrogens is 210 g/mol. The van der Waals surface area contributed by atoms with Crippen LogP contribution in [0.4, 0.5) is 0 Å². The zero-order chi connectivity index (χ0) is 11.5. The van der Waals surface area contributed by atoms with Crippen LogP contribution in [0.15, 0.2) is 23.1 Å². The van der Waals surface area contributed by atoms with Crippen LogP contribution in [-0.2, 0) is 16.3 Å². The van der Waals surface area contributed by atoms with Gasteiger partial charge in [0.15, 0.2) is 9.84 Å². The highest BCUT2D eigenvalue weighted by Crippen LogP contribution is 2.18. The van der Waals surface area contributed by atoms with E-state index in [1.165, 1.54) is 6.26 Å². The second kappa shape index (κ2) is 4.77. The van der Waals surface area contributed by atoms with Crippen molar-refractivity contribution >= 4 is 9.84 Å². The third-order valence-corrected chi connectivity index (χ3v) is 3.46. The number of nitrogens with two attached hydrogens (primary N) is 1. The van der Waals surface area contributed by atoms with Crippen molar-refractivity contribution in [2.45, 2.75) is 24.7 Å². The molecule has 0 radical (unpaired) electrons. The van der Waals surface area contributed by atoms with Crippen molar-refractivity contribution in [2.75, 3.05) is 12.8 Å². The predicted octanol–water partition coefficient (Wildman–Crippen LogP) is 1.29. The number of sulfone groups is 1. The average molecular weight is 227 g/mol. The van der Waals surface area contributed by atoms with E-state index in [4.69, 9.17) is 5.73 Å². The maximum atomic E-state index is 11.5. The molecule has 0 aliphatic heterocycles. The van der Waals surface area contributed by atoms with Crippen molar-refractivity contribution in [1.29, 1.82) is 0 Å². The number of hydrogen-bond donors (Lipinski definition) is 1. The molecule has 0 fully saturated rings. The summed E-state index contributed by atoms with van der Waals surface area (Å²) in [5, 5.41) is 0. The minimum Gasteiger partial charge on any atom is -0.330 e. The van der Waals surface area contributed by atoms with Crippen molar-refractivity contribution in [3.05, 3.63) is 29.3 Å². The second-order valence-electron chi connectivity index (χ2n) is 3.78. The smallest absolute Gasteiger partial charge is 0.175 e. The summed E-state index contributed by atoms with van der Waals surface area (Å²) in [5.74, 6) is 0. The molecule has 0 aliphatic rings. The zero-order valence-corrected chi connectivity index (χ0v) is 9.97. The summed E-state index contributed by atoms with van der Waals surface area (Å²) >= 11 is 0. The number of benzene rings is 1. The fraction of sp³-hybridized carbons (Fsp3) is 0.455. The van der Waals surface area contributed by atoms with Gasteiger partial charge in [-0.3, -0.25) is 0 Å². The standard InChI is InChI=1S/C11H17NO2S/c1-9-5-6-11(15(2,13)14)10(8-9)4-3-7-12/h5-6,8H,3-4,7,12H2,1-2H3. The fourth-order valence-corrected chi connectivity index (χ4v) is 2.51. The molecule has 0 aromatic heterocycles. The summed E-state index contributed by atoms with van der Waals surface area (Å²) in [5.41, 5.74) is 7.38. The summed E-state index contributed by atoms with van der Waals surface area (Å²) in [4.78, 5) is 0.432. The van der Waals surface area contributed by atoms with Gasteiger partial charge in [-0.15, -0.1) is 0 Å². The van der Waals surface area contributed by atoms with Crippen LogP contribution >= 0.6 is 0 Å². The topological polar surface area (TPSA) is 60.2 Å². The summed E-state index contributed by atoms with van der Waals surface area (Å²) < 4.78 is 23.0. The first-order valence-corrected chi connectivity index (χ1v) is 6.84. The Morgan fingerprint density at radius 2 is 2.00 bits per heavy atom. The molecule has 4 heteroatoms. The molecule has 1 aromatic rings. The summed E-state index contributed by atoms with van der Waals surface area (Å²) in [6.45, 7) is 2.54. The van der Waals surface area contributed by atoms with Crippen molar-refractivity contribution in [1.82, 2.24) is 0 Å². The van der Waals surface area contributed by atoms with Gasteiger partial charge < -0.3 is 5.73 Å².